The number of hydrogen-bond donors (Lipinski definition) is 1. The summed E-state index contributed by atoms with van der Waals surface area (Å²) in [6.45, 7) is 2.50. The van der Waals surface area contributed by atoms with E-state index in [-0.39, 0.29) is 5.91 Å². The summed E-state index contributed by atoms with van der Waals surface area (Å²) >= 11 is 7.66. The van der Waals surface area contributed by atoms with Crippen LogP contribution in [0, 0.1) is 0 Å². The van der Waals surface area contributed by atoms with Crippen molar-refractivity contribution >= 4 is 50.0 Å². The first-order chi connectivity index (χ1) is 10.1. The van der Waals surface area contributed by atoms with Gasteiger partial charge in [-0.25, -0.2) is 4.98 Å². The van der Waals surface area contributed by atoms with E-state index in [1.54, 1.807) is 7.11 Å². The molecule has 6 heteroatoms. The number of thiophene rings is 1. The van der Waals surface area contributed by atoms with E-state index in [4.69, 9.17) is 16.3 Å². The van der Waals surface area contributed by atoms with Crippen molar-refractivity contribution in [1.82, 2.24) is 10.3 Å². The SMILES string of the molecule is CCNC(=O)c1cc2cc3ccc(OC)c(Cl)c3nc2s1. The van der Waals surface area contributed by atoms with Gasteiger partial charge in [0, 0.05) is 17.3 Å². The quantitative estimate of drug-likeness (QED) is 0.797. The lowest BCUT2D eigenvalue weighted by Gasteiger charge is -2.05. The molecule has 0 aliphatic carbocycles. The molecule has 3 rings (SSSR count). The number of hydrogen-bond acceptors (Lipinski definition) is 4. The number of halogens is 1. The predicted molar refractivity (Wildman–Crippen MR) is 86.7 cm³/mol. The molecule has 0 saturated heterocycles. The van der Waals surface area contributed by atoms with E-state index < -0.39 is 0 Å². The van der Waals surface area contributed by atoms with Gasteiger partial charge in [-0.05, 0) is 31.2 Å². The topological polar surface area (TPSA) is 51.2 Å². The number of aromatic nitrogens is 1. The maximum absolute atomic E-state index is 11.9. The molecule has 4 nitrogen and oxygen atoms in total. The van der Waals surface area contributed by atoms with Gasteiger partial charge in [0.25, 0.3) is 5.91 Å². The minimum absolute atomic E-state index is 0.0757. The average molecular weight is 321 g/mol. The molecule has 0 aliphatic rings. The van der Waals surface area contributed by atoms with Gasteiger partial charge in [-0.2, -0.15) is 0 Å². The zero-order valence-electron chi connectivity index (χ0n) is 11.6. The standard InChI is InChI=1S/C15H13ClN2O2S/c1-3-17-14(19)11-7-9-6-8-4-5-10(20-2)12(16)13(8)18-15(9)21-11/h4-7H,3H2,1-2H3,(H,17,19). The fraction of sp³-hybridized carbons (Fsp3) is 0.200. The summed E-state index contributed by atoms with van der Waals surface area (Å²) in [7, 11) is 1.57. The summed E-state index contributed by atoms with van der Waals surface area (Å²) in [5.41, 5.74) is 0.688. The summed E-state index contributed by atoms with van der Waals surface area (Å²) in [6, 6.07) is 7.57. The van der Waals surface area contributed by atoms with Gasteiger partial charge in [-0.15, -0.1) is 11.3 Å². The fourth-order valence-corrected chi connectivity index (χ4v) is 3.39. The third-order valence-electron chi connectivity index (χ3n) is 3.16. The van der Waals surface area contributed by atoms with Crippen molar-refractivity contribution in [3.8, 4) is 5.75 Å². The lowest BCUT2D eigenvalue weighted by Crippen LogP contribution is -2.21. The normalized spacial score (nSPS) is 11.0. The van der Waals surface area contributed by atoms with E-state index in [9.17, 15) is 4.79 Å². The average Bonchev–Trinajstić information content (AvgIpc) is 2.89. The Bertz CT molecular complexity index is 844. The molecule has 0 atom stereocenters. The van der Waals surface area contributed by atoms with Crippen LogP contribution in [-0.4, -0.2) is 24.5 Å². The highest BCUT2D eigenvalue weighted by atomic mass is 35.5. The van der Waals surface area contributed by atoms with E-state index in [2.05, 4.69) is 10.3 Å². The summed E-state index contributed by atoms with van der Waals surface area (Å²) in [5.74, 6) is 0.518. The molecule has 0 spiro atoms. The Labute approximate surface area is 130 Å². The van der Waals surface area contributed by atoms with E-state index in [0.717, 1.165) is 15.6 Å². The van der Waals surface area contributed by atoms with Crippen LogP contribution in [0.5, 0.6) is 5.75 Å². The molecule has 21 heavy (non-hydrogen) atoms. The fourth-order valence-electron chi connectivity index (χ4n) is 2.16. The van der Waals surface area contributed by atoms with Gasteiger partial charge < -0.3 is 10.1 Å². The van der Waals surface area contributed by atoms with Gasteiger partial charge in [0.15, 0.2) is 0 Å². The lowest BCUT2D eigenvalue weighted by atomic mass is 10.2. The number of rotatable bonds is 3. The maximum atomic E-state index is 11.9. The van der Waals surface area contributed by atoms with Crippen LogP contribution in [0.15, 0.2) is 24.3 Å². The van der Waals surface area contributed by atoms with Crippen molar-refractivity contribution in [2.45, 2.75) is 6.92 Å². The van der Waals surface area contributed by atoms with Crippen LogP contribution in [0.4, 0.5) is 0 Å². The Morgan fingerprint density at radius 1 is 1.38 bits per heavy atom. The molecule has 0 aliphatic heterocycles. The molecule has 0 fully saturated rings. The second-order valence-corrected chi connectivity index (χ2v) is 5.91. The van der Waals surface area contributed by atoms with Crippen molar-refractivity contribution in [2.75, 3.05) is 13.7 Å². The van der Waals surface area contributed by atoms with E-state index >= 15 is 0 Å². The second-order valence-electron chi connectivity index (χ2n) is 4.51. The Kier molecular flexibility index (Phi) is 3.69. The molecule has 1 N–H and O–H groups in total. The highest BCUT2D eigenvalue weighted by Crippen LogP contribution is 2.35. The first-order valence-corrected chi connectivity index (χ1v) is 7.68. The van der Waals surface area contributed by atoms with Crippen molar-refractivity contribution < 1.29 is 9.53 Å². The van der Waals surface area contributed by atoms with Crippen LogP contribution in [0.2, 0.25) is 5.02 Å². The molecule has 1 amide bonds. The minimum Gasteiger partial charge on any atom is -0.495 e. The monoisotopic (exact) mass is 320 g/mol. The molecule has 0 saturated carbocycles. The molecule has 0 bridgehead atoms. The van der Waals surface area contributed by atoms with Crippen LogP contribution >= 0.6 is 22.9 Å². The smallest absolute Gasteiger partial charge is 0.261 e. The zero-order valence-corrected chi connectivity index (χ0v) is 13.1. The van der Waals surface area contributed by atoms with Gasteiger partial charge in [-0.1, -0.05) is 11.6 Å². The number of nitrogens with zero attached hydrogens (tertiary/aromatic N) is 1. The van der Waals surface area contributed by atoms with Gasteiger partial charge in [0.1, 0.15) is 15.6 Å². The molecular formula is C15H13ClN2O2S. The Morgan fingerprint density at radius 2 is 2.19 bits per heavy atom. The van der Waals surface area contributed by atoms with Crippen LogP contribution in [-0.2, 0) is 0 Å². The first-order valence-electron chi connectivity index (χ1n) is 6.49. The third-order valence-corrected chi connectivity index (χ3v) is 4.57. The lowest BCUT2D eigenvalue weighted by molar-refractivity contribution is 0.0960. The highest BCUT2D eigenvalue weighted by molar-refractivity contribution is 7.20. The van der Waals surface area contributed by atoms with Gasteiger partial charge in [-0.3, -0.25) is 4.79 Å². The third kappa shape index (κ3) is 2.43. The van der Waals surface area contributed by atoms with Gasteiger partial charge in [0.2, 0.25) is 0 Å². The minimum atomic E-state index is -0.0757. The molecule has 0 radical (unpaired) electrons. The number of ether oxygens (including phenoxy) is 1. The highest BCUT2D eigenvalue weighted by Gasteiger charge is 2.13. The summed E-state index contributed by atoms with van der Waals surface area (Å²) in [5, 5.41) is 5.15. The second kappa shape index (κ2) is 5.50. The summed E-state index contributed by atoms with van der Waals surface area (Å²) in [6.07, 6.45) is 0. The van der Waals surface area contributed by atoms with E-state index in [1.807, 2.05) is 31.2 Å². The predicted octanol–water partition coefficient (Wildman–Crippen LogP) is 3.86. The first kappa shape index (κ1) is 14.1. The molecule has 3 aromatic rings. The van der Waals surface area contributed by atoms with Crippen molar-refractivity contribution in [3.05, 3.63) is 34.2 Å². The largest absolute Gasteiger partial charge is 0.495 e. The number of fused-ring (bicyclic) bond motifs is 2. The number of benzene rings is 1. The zero-order chi connectivity index (χ0) is 15.0. The maximum Gasteiger partial charge on any atom is 0.261 e. The van der Waals surface area contributed by atoms with E-state index in [1.165, 1.54) is 11.3 Å². The van der Waals surface area contributed by atoms with Crippen molar-refractivity contribution in [3.63, 3.8) is 0 Å². The molecule has 2 heterocycles. The Morgan fingerprint density at radius 3 is 2.90 bits per heavy atom. The number of methoxy groups -OCH3 is 1. The number of carbonyl (C=O) groups is 1. The number of pyridine rings is 1. The van der Waals surface area contributed by atoms with Crippen molar-refractivity contribution in [2.24, 2.45) is 0 Å². The molecule has 0 unspecified atom stereocenters. The summed E-state index contributed by atoms with van der Waals surface area (Å²) in [4.78, 5) is 17.9. The number of nitrogens with one attached hydrogen (secondary N) is 1. The van der Waals surface area contributed by atoms with Gasteiger partial charge in [0.05, 0.1) is 17.5 Å². The molecule has 108 valence electrons. The Hall–Kier alpha value is -1.85. The van der Waals surface area contributed by atoms with Crippen LogP contribution < -0.4 is 10.1 Å². The van der Waals surface area contributed by atoms with Crippen molar-refractivity contribution in [1.29, 1.82) is 0 Å². The van der Waals surface area contributed by atoms with Gasteiger partial charge >= 0.3 is 0 Å². The molecular weight excluding hydrogens is 308 g/mol. The molecule has 1 aromatic carbocycles. The van der Waals surface area contributed by atoms with E-state index in [0.29, 0.717) is 27.7 Å². The van der Waals surface area contributed by atoms with Crippen LogP contribution in [0.3, 0.4) is 0 Å². The van der Waals surface area contributed by atoms with Crippen LogP contribution in [0.1, 0.15) is 16.6 Å². The summed E-state index contributed by atoms with van der Waals surface area (Å²) < 4.78 is 5.21. The number of amides is 1. The molecule has 2 aromatic heterocycles. The number of carbonyl (C=O) groups excluding carboxylic acids is 1. The Balaban J connectivity index is 2.19. The van der Waals surface area contributed by atoms with Crippen LogP contribution in [0.25, 0.3) is 21.1 Å².